The Kier molecular flexibility index (Phi) is 7.05. The van der Waals surface area contributed by atoms with Crippen LogP contribution in [-0.4, -0.2) is 48.7 Å². The van der Waals surface area contributed by atoms with Gasteiger partial charge in [0.05, 0.1) is 10.9 Å². The van der Waals surface area contributed by atoms with Crippen molar-refractivity contribution in [1.82, 2.24) is 15.3 Å². The number of anilines is 2. The quantitative estimate of drug-likeness (QED) is 0.626. The van der Waals surface area contributed by atoms with Crippen LogP contribution in [0, 0.1) is 11.3 Å². The first kappa shape index (κ1) is 22.0. The van der Waals surface area contributed by atoms with Crippen molar-refractivity contribution >= 4 is 29.1 Å². The zero-order valence-electron chi connectivity index (χ0n) is 17.9. The maximum Gasteiger partial charge on any atom is 0.229 e. The number of halogens is 1. The van der Waals surface area contributed by atoms with Gasteiger partial charge in [-0.2, -0.15) is 0 Å². The topological polar surface area (TPSA) is 88.2 Å². The number of hydrogen-bond acceptors (Lipinski definition) is 6. The van der Waals surface area contributed by atoms with Crippen LogP contribution in [0.25, 0.3) is 11.1 Å². The van der Waals surface area contributed by atoms with Crippen LogP contribution < -0.4 is 16.0 Å². The lowest BCUT2D eigenvalue weighted by molar-refractivity contribution is -0.120. The molecule has 3 N–H and O–H groups in total. The molecule has 2 saturated heterocycles. The van der Waals surface area contributed by atoms with Gasteiger partial charge in [-0.15, -0.1) is 0 Å². The van der Waals surface area contributed by atoms with Gasteiger partial charge in [-0.25, -0.2) is 9.97 Å². The third-order valence-corrected chi connectivity index (χ3v) is 6.54. The van der Waals surface area contributed by atoms with Crippen molar-refractivity contribution < 1.29 is 9.53 Å². The number of carbonyl (C=O) groups is 1. The summed E-state index contributed by atoms with van der Waals surface area (Å²) in [7, 11) is 0. The molecular formula is C23H30ClN5O2. The third kappa shape index (κ3) is 5.73. The molecule has 1 unspecified atom stereocenters. The Morgan fingerprint density at radius 3 is 2.90 bits per heavy atom. The molecule has 1 amide bonds. The normalized spacial score (nSPS) is 20.8. The maximum atomic E-state index is 12.6. The molecule has 0 radical (unpaired) electrons. The lowest BCUT2D eigenvalue weighted by Gasteiger charge is -2.33. The van der Waals surface area contributed by atoms with Crippen molar-refractivity contribution in [3.63, 3.8) is 0 Å². The molecule has 0 aromatic carbocycles. The number of piperidine rings is 1. The van der Waals surface area contributed by atoms with Crippen molar-refractivity contribution in [3.8, 4) is 11.1 Å². The first-order valence-corrected chi connectivity index (χ1v) is 11.4. The van der Waals surface area contributed by atoms with Gasteiger partial charge in [0.25, 0.3) is 0 Å². The van der Waals surface area contributed by atoms with Crippen LogP contribution in [0.5, 0.6) is 0 Å². The summed E-state index contributed by atoms with van der Waals surface area (Å²) in [6, 6.07) is 5.73. The molecule has 31 heavy (non-hydrogen) atoms. The maximum absolute atomic E-state index is 12.6. The summed E-state index contributed by atoms with van der Waals surface area (Å²) >= 11 is 6.45. The predicted octanol–water partition coefficient (Wildman–Crippen LogP) is 3.96. The lowest BCUT2D eigenvalue weighted by atomic mass is 9.82. The lowest BCUT2D eigenvalue weighted by Crippen LogP contribution is -2.37. The Bertz CT molecular complexity index is 911. The molecule has 8 heteroatoms. The second-order valence-electron chi connectivity index (χ2n) is 8.79. The van der Waals surface area contributed by atoms with Gasteiger partial charge >= 0.3 is 0 Å². The summed E-state index contributed by atoms with van der Waals surface area (Å²) in [5.74, 6) is 1.28. The van der Waals surface area contributed by atoms with Crippen molar-refractivity contribution in [2.75, 3.05) is 43.5 Å². The number of carbonyl (C=O) groups excluding carboxylic acids is 1. The minimum Gasteiger partial charge on any atom is -0.381 e. The van der Waals surface area contributed by atoms with Gasteiger partial charge in [-0.05, 0) is 61.4 Å². The van der Waals surface area contributed by atoms with Gasteiger partial charge in [0, 0.05) is 44.3 Å². The molecule has 2 aromatic heterocycles. The van der Waals surface area contributed by atoms with Crippen molar-refractivity contribution in [2.24, 2.45) is 11.3 Å². The Labute approximate surface area is 188 Å². The molecular weight excluding hydrogens is 414 g/mol. The summed E-state index contributed by atoms with van der Waals surface area (Å²) in [5, 5.41) is 10.2. The van der Waals surface area contributed by atoms with Crippen LogP contribution in [0.4, 0.5) is 11.6 Å². The second-order valence-corrected chi connectivity index (χ2v) is 9.20. The second kappa shape index (κ2) is 9.94. The molecule has 2 aliphatic rings. The van der Waals surface area contributed by atoms with Crippen molar-refractivity contribution in [3.05, 3.63) is 35.6 Å². The molecule has 2 aliphatic heterocycles. The van der Waals surface area contributed by atoms with Crippen LogP contribution in [0.3, 0.4) is 0 Å². The predicted molar refractivity (Wildman–Crippen MR) is 123 cm³/mol. The number of nitrogens with one attached hydrogen (secondary N) is 3. The first-order chi connectivity index (χ1) is 15.0. The van der Waals surface area contributed by atoms with E-state index >= 15 is 0 Å². The molecule has 4 rings (SSSR count). The van der Waals surface area contributed by atoms with Gasteiger partial charge in [0.15, 0.2) is 0 Å². The average Bonchev–Trinajstić information content (AvgIpc) is 2.80. The number of nitrogens with zero attached hydrogens (tertiary/aromatic N) is 2. The number of aromatic nitrogens is 2. The van der Waals surface area contributed by atoms with Crippen LogP contribution in [0.2, 0.25) is 5.02 Å². The molecule has 0 saturated carbocycles. The SMILES string of the molecule is CC1(CNc2cc(-c3cc(NC(=O)C4CCCNC4)ncc3Cl)ccn2)CCOCC1. The van der Waals surface area contributed by atoms with Crippen LogP contribution >= 0.6 is 11.6 Å². The molecule has 0 aliphatic carbocycles. The van der Waals surface area contributed by atoms with Gasteiger partial charge in [-0.3, -0.25) is 4.79 Å². The van der Waals surface area contributed by atoms with E-state index in [0.29, 0.717) is 17.4 Å². The Balaban J connectivity index is 1.46. The molecule has 166 valence electrons. The highest BCUT2D eigenvalue weighted by molar-refractivity contribution is 6.33. The van der Waals surface area contributed by atoms with Gasteiger partial charge in [0.2, 0.25) is 5.91 Å². The van der Waals surface area contributed by atoms with E-state index in [1.165, 1.54) is 0 Å². The van der Waals surface area contributed by atoms with Crippen molar-refractivity contribution in [2.45, 2.75) is 32.6 Å². The monoisotopic (exact) mass is 443 g/mol. The fraction of sp³-hybridized carbons (Fsp3) is 0.522. The van der Waals surface area contributed by atoms with E-state index in [9.17, 15) is 4.79 Å². The average molecular weight is 444 g/mol. The zero-order chi connectivity index (χ0) is 21.7. The minimum atomic E-state index is -0.0297. The molecule has 1 atom stereocenters. The fourth-order valence-corrected chi connectivity index (χ4v) is 4.28. The summed E-state index contributed by atoms with van der Waals surface area (Å²) in [5.41, 5.74) is 1.95. The number of hydrogen-bond donors (Lipinski definition) is 3. The molecule has 2 fully saturated rings. The van der Waals surface area contributed by atoms with Gasteiger partial charge < -0.3 is 20.7 Å². The van der Waals surface area contributed by atoms with Gasteiger partial charge in [0.1, 0.15) is 11.6 Å². The summed E-state index contributed by atoms with van der Waals surface area (Å²) in [4.78, 5) is 21.3. The Morgan fingerprint density at radius 1 is 1.29 bits per heavy atom. The molecule has 0 spiro atoms. The summed E-state index contributed by atoms with van der Waals surface area (Å²) in [6.07, 6.45) is 7.33. The number of amides is 1. The number of rotatable bonds is 6. The first-order valence-electron chi connectivity index (χ1n) is 11.0. The van der Waals surface area contributed by atoms with Crippen LogP contribution in [0.1, 0.15) is 32.6 Å². The smallest absolute Gasteiger partial charge is 0.229 e. The van der Waals surface area contributed by atoms with Crippen LogP contribution in [0.15, 0.2) is 30.6 Å². The standard InChI is InChI=1S/C23H30ClN5O2/c1-23(5-9-31-10-6-23)15-28-20-11-16(4-8-26-20)18-12-21(27-14-19(18)24)29-22(30)17-3-2-7-25-13-17/h4,8,11-12,14,17,25H,2-3,5-7,9-10,13,15H2,1H3,(H,26,28)(H,27,29,30). The van der Waals surface area contributed by atoms with E-state index in [1.807, 2.05) is 18.2 Å². The van der Waals surface area contributed by atoms with E-state index in [4.69, 9.17) is 16.3 Å². The highest BCUT2D eigenvalue weighted by atomic mass is 35.5. The molecule has 7 nitrogen and oxygen atoms in total. The fourth-order valence-electron chi connectivity index (χ4n) is 4.07. The number of ether oxygens (including phenoxy) is 1. The molecule has 0 bridgehead atoms. The van der Waals surface area contributed by atoms with E-state index < -0.39 is 0 Å². The largest absolute Gasteiger partial charge is 0.381 e. The van der Waals surface area contributed by atoms with E-state index in [2.05, 4.69) is 32.8 Å². The Hall–Kier alpha value is -2.22. The molecule has 2 aromatic rings. The minimum absolute atomic E-state index is 0.00485. The highest BCUT2D eigenvalue weighted by Gasteiger charge is 2.27. The van der Waals surface area contributed by atoms with E-state index in [0.717, 1.165) is 68.9 Å². The van der Waals surface area contributed by atoms with Gasteiger partial charge in [-0.1, -0.05) is 18.5 Å². The zero-order valence-corrected chi connectivity index (χ0v) is 18.7. The highest BCUT2D eigenvalue weighted by Crippen LogP contribution is 2.32. The summed E-state index contributed by atoms with van der Waals surface area (Å²) in [6.45, 7) is 6.42. The van der Waals surface area contributed by atoms with Crippen LogP contribution in [-0.2, 0) is 9.53 Å². The van der Waals surface area contributed by atoms with E-state index in [-0.39, 0.29) is 17.2 Å². The molecule has 4 heterocycles. The third-order valence-electron chi connectivity index (χ3n) is 6.24. The van der Waals surface area contributed by atoms with Crippen molar-refractivity contribution in [1.29, 1.82) is 0 Å². The summed E-state index contributed by atoms with van der Waals surface area (Å²) < 4.78 is 5.49. The number of pyridine rings is 2. The van der Waals surface area contributed by atoms with E-state index in [1.54, 1.807) is 12.4 Å². The Morgan fingerprint density at radius 2 is 2.13 bits per heavy atom.